The molecule has 148 valence electrons. The molecule has 2 aliphatic rings. The Morgan fingerprint density at radius 1 is 1.07 bits per heavy atom. The van der Waals surface area contributed by atoms with E-state index < -0.39 is 0 Å². The van der Waals surface area contributed by atoms with Crippen LogP contribution in [0, 0.1) is 31.6 Å². The van der Waals surface area contributed by atoms with Crippen molar-refractivity contribution in [2.75, 3.05) is 32.7 Å². The topological polar surface area (TPSA) is 23.6 Å². The Labute approximate surface area is 165 Å². The van der Waals surface area contributed by atoms with Gasteiger partial charge >= 0.3 is 0 Å². The summed E-state index contributed by atoms with van der Waals surface area (Å²) in [5.41, 5.74) is 4.03. The first-order valence-corrected chi connectivity index (χ1v) is 10.7. The predicted octanol–water partition coefficient (Wildman–Crippen LogP) is 4.53. The lowest BCUT2D eigenvalue weighted by Gasteiger charge is -2.37. The van der Waals surface area contributed by atoms with Crippen molar-refractivity contribution < 1.29 is 4.79 Å². The van der Waals surface area contributed by atoms with Crippen molar-refractivity contribution in [3.63, 3.8) is 0 Å². The molecule has 0 aromatic heterocycles. The van der Waals surface area contributed by atoms with Gasteiger partial charge in [-0.05, 0) is 67.6 Å². The number of benzene rings is 1. The number of amides is 1. The van der Waals surface area contributed by atoms with E-state index in [2.05, 4.69) is 67.8 Å². The van der Waals surface area contributed by atoms with E-state index in [-0.39, 0.29) is 0 Å². The van der Waals surface area contributed by atoms with Gasteiger partial charge in [-0.1, -0.05) is 44.2 Å². The zero-order valence-corrected chi connectivity index (χ0v) is 17.6. The van der Waals surface area contributed by atoms with Gasteiger partial charge in [0.2, 0.25) is 5.91 Å². The molecule has 0 aliphatic carbocycles. The van der Waals surface area contributed by atoms with Crippen LogP contribution < -0.4 is 0 Å². The Morgan fingerprint density at radius 2 is 1.67 bits per heavy atom. The van der Waals surface area contributed by atoms with Gasteiger partial charge in [0.25, 0.3) is 0 Å². The van der Waals surface area contributed by atoms with Crippen LogP contribution in [0.3, 0.4) is 0 Å². The maximum absolute atomic E-state index is 12.7. The lowest BCUT2D eigenvalue weighted by Crippen LogP contribution is -2.47. The van der Waals surface area contributed by atoms with Gasteiger partial charge in [-0.2, -0.15) is 0 Å². The molecule has 0 saturated carbocycles. The van der Waals surface area contributed by atoms with Crippen molar-refractivity contribution in [1.29, 1.82) is 0 Å². The van der Waals surface area contributed by atoms with Gasteiger partial charge < -0.3 is 4.90 Å². The molecule has 3 heteroatoms. The molecule has 2 atom stereocenters. The van der Waals surface area contributed by atoms with E-state index >= 15 is 0 Å². The van der Waals surface area contributed by atoms with Crippen LogP contribution in [0.1, 0.15) is 49.8 Å². The lowest BCUT2D eigenvalue weighted by molar-refractivity contribution is -0.134. The number of hydrogen-bond donors (Lipinski definition) is 0. The number of aryl methyl sites for hydroxylation is 2. The molecule has 1 amide bonds. The minimum absolute atomic E-state index is 0.327. The molecule has 2 heterocycles. The molecule has 0 radical (unpaired) electrons. The third-order valence-corrected chi connectivity index (χ3v) is 6.27. The van der Waals surface area contributed by atoms with E-state index in [1.807, 2.05) is 0 Å². The van der Waals surface area contributed by atoms with Crippen LogP contribution in [0.15, 0.2) is 24.3 Å². The van der Waals surface area contributed by atoms with E-state index in [1.165, 1.54) is 23.1 Å². The molecular formula is C24H36N2O. The molecule has 1 aromatic carbocycles. The first-order valence-electron chi connectivity index (χ1n) is 10.7. The molecule has 0 spiro atoms. The van der Waals surface area contributed by atoms with Gasteiger partial charge in [0.15, 0.2) is 0 Å². The SMILES string of the molecule is Cc1cccc(C)c1C=CC1CCN(C(=O)CN2CC(C)CC(C)C2)CC1. The summed E-state index contributed by atoms with van der Waals surface area (Å²) in [5, 5.41) is 0. The van der Waals surface area contributed by atoms with E-state index in [1.54, 1.807) is 0 Å². The molecule has 2 fully saturated rings. The monoisotopic (exact) mass is 368 g/mol. The zero-order valence-electron chi connectivity index (χ0n) is 17.6. The average Bonchev–Trinajstić information content (AvgIpc) is 2.61. The fraction of sp³-hybridized carbons (Fsp3) is 0.625. The molecule has 0 bridgehead atoms. The van der Waals surface area contributed by atoms with Crippen LogP contribution in [-0.2, 0) is 4.79 Å². The number of carbonyl (C=O) groups excluding carboxylic acids is 1. The van der Waals surface area contributed by atoms with Crippen LogP contribution in [0.25, 0.3) is 6.08 Å². The maximum atomic E-state index is 12.7. The molecule has 2 aliphatic heterocycles. The average molecular weight is 369 g/mol. The normalized spacial score (nSPS) is 25.3. The van der Waals surface area contributed by atoms with Crippen LogP contribution in [0.5, 0.6) is 0 Å². The van der Waals surface area contributed by atoms with E-state index in [9.17, 15) is 4.79 Å². The highest BCUT2D eigenvalue weighted by molar-refractivity contribution is 5.78. The van der Waals surface area contributed by atoms with Crippen LogP contribution in [0.4, 0.5) is 0 Å². The van der Waals surface area contributed by atoms with E-state index in [4.69, 9.17) is 0 Å². The van der Waals surface area contributed by atoms with Crippen LogP contribution >= 0.6 is 0 Å². The maximum Gasteiger partial charge on any atom is 0.236 e. The number of hydrogen-bond acceptors (Lipinski definition) is 2. The van der Waals surface area contributed by atoms with Gasteiger partial charge in [0.05, 0.1) is 6.54 Å². The third-order valence-electron chi connectivity index (χ3n) is 6.27. The number of nitrogens with zero attached hydrogens (tertiary/aromatic N) is 2. The summed E-state index contributed by atoms with van der Waals surface area (Å²) in [6.45, 7) is 13.5. The highest BCUT2D eigenvalue weighted by Gasteiger charge is 2.27. The van der Waals surface area contributed by atoms with E-state index in [0.717, 1.165) is 39.0 Å². The number of allylic oxidation sites excluding steroid dienone is 1. The Hall–Kier alpha value is -1.61. The molecule has 0 N–H and O–H groups in total. The molecular weight excluding hydrogens is 332 g/mol. The Balaban J connectivity index is 1.48. The summed E-state index contributed by atoms with van der Waals surface area (Å²) in [6.07, 6.45) is 8.12. The van der Waals surface area contributed by atoms with Gasteiger partial charge in [0.1, 0.15) is 0 Å². The number of likely N-dealkylation sites (tertiary alicyclic amines) is 2. The summed E-state index contributed by atoms with van der Waals surface area (Å²) in [7, 11) is 0. The van der Waals surface area contributed by atoms with Crippen molar-refractivity contribution >= 4 is 12.0 Å². The minimum Gasteiger partial charge on any atom is -0.342 e. The summed E-state index contributed by atoms with van der Waals surface area (Å²) >= 11 is 0. The molecule has 3 nitrogen and oxygen atoms in total. The zero-order chi connectivity index (χ0) is 19.4. The second-order valence-electron chi connectivity index (χ2n) is 9.02. The van der Waals surface area contributed by atoms with Crippen LogP contribution in [0.2, 0.25) is 0 Å². The Kier molecular flexibility index (Phi) is 6.75. The molecule has 2 unspecified atom stereocenters. The molecule has 27 heavy (non-hydrogen) atoms. The Bertz CT molecular complexity index is 643. The van der Waals surface area contributed by atoms with Crippen LogP contribution in [-0.4, -0.2) is 48.4 Å². The van der Waals surface area contributed by atoms with Gasteiger partial charge in [-0.3, -0.25) is 9.69 Å². The fourth-order valence-electron chi connectivity index (χ4n) is 4.88. The second kappa shape index (κ2) is 9.05. The van der Waals surface area contributed by atoms with Gasteiger partial charge in [0, 0.05) is 26.2 Å². The largest absolute Gasteiger partial charge is 0.342 e. The van der Waals surface area contributed by atoms with Crippen molar-refractivity contribution in [2.24, 2.45) is 17.8 Å². The fourth-order valence-corrected chi connectivity index (χ4v) is 4.88. The molecule has 1 aromatic rings. The Morgan fingerprint density at radius 3 is 2.26 bits per heavy atom. The van der Waals surface area contributed by atoms with E-state index in [0.29, 0.717) is 30.2 Å². The summed E-state index contributed by atoms with van der Waals surface area (Å²) in [5.74, 6) is 2.33. The summed E-state index contributed by atoms with van der Waals surface area (Å²) in [4.78, 5) is 17.2. The number of rotatable bonds is 4. The smallest absolute Gasteiger partial charge is 0.236 e. The molecule has 2 saturated heterocycles. The highest BCUT2D eigenvalue weighted by Crippen LogP contribution is 2.24. The minimum atomic E-state index is 0.327. The van der Waals surface area contributed by atoms with Crippen molar-refractivity contribution in [1.82, 2.24) is 9.80 Å². The lowest BCUT2D eigenvalue weighted by atomic mass is 9.92. The standard InChI is InChI=1S/C24H36N2O/c1-18-14-19(2)16-25(15-18)17-24(27)26-12-10-22(11-13-26)8-9-23-20(3)6-5-7-21(23)4/h5-9,18-19,22H,10-17H2,1-4H3. The molecule has 3 rings (SSSR count). The van der Waals surface area contributed by atoms with Crippen molar-refractivity contribution in [3.8, 4) is 0 Å². The quantitative estimate of drug-likeness (QED) is 0.779. The van der Waals surface area contributed by atoms with Crippen molar-refractivity contribution in [2.45, 2.75) is 47.0 Å². The van der Waals surface area contributed by atoms with Gasteiger partial charge in [-0.15, -0.1) is 0 Å². The second-order valence-corrected chi connectivity index (χ2v) is 9.02. The highest BCUT2D eigenvalue weighted by atomic mass is 16.2. The predicted molar refractivity (Wildman–Crippen MR) is 114 cm³/mol. The first-order chi connectivity index (χ1) is 12.9. The number of carbonyl (C=O) groups is 1. The number of piperidine rings is 2. The summed E-state index contributed by atoms with van der Waals surface area (Å²) in [6, 6.07) is 6.47. The third kappa shape index (κ3) is 5.44. The van der Waals surface area contributed by atoms with Crippen molar-refractivity contribution in [3.05, 3.63) is 41.0 Å². The summed E-state index contributed by atoms with van der Waals surface area (Å²) < 4.78 is 0. The van der Waals surface area contributed by atoms with Gasteiger partial charge in [-0.25, -0.2) is 0 Å². The first kappa shape index (κ1) is 20.1.